The number of amides is 2. The summed E-state index contributed by atoms with van der Waals surface area (Å²) in [7, 11) is 0. The Balaban J connectivity index is 0.00000202. The molecule has 0 aromatic carbocycles. The maximum Gasteiger partial charge on any atom is 2.00 e. The van der Waals surface area contributed by atoms with Crippen LogP contribution in [0.25, 0.3) is 11.4 Å². The number of carbonyl (C=O) groups excluding carboxylic acids is 5. The number of aromatic nitrogens is 1. The number of H-pyrrole nitrogens is 1. The van der Waals surface area contributed by atoms with Crippen molar-refractivity contribution in [1.82, 2.24) is 4.98 Å². The summed E-state index contributed by atoms with van der Waals surface area (Å²) in [4.78, 5) is 76.2. The van der Waals surface area contributed by atoms with E-state index in [0.717, 1.165) is 25.7 Å². The summed E-state index contributed by atoms with van der Waals surface area (Å²) in [6.07, 6.45) is 5.46. The van der Waals surface area contributed by atoms with Gasteiger partial charge in [-0.2, -0.15) is 0 Å². The van der Waals surface area contributed by atoms with Crippen LogP contribution in [0, 0.1) is 79.3 Å². The van der Waals surface area contributed by atoms with Crippen LogP contribution in [0.4, 0.5) is 5.82 Å². The number of aliphatic carboxylic acids is 1. The minimum Gasteiger partial charge on any atom is -0.550 e. The van der Waals surface area contributed by atoms with E-state index in [1.165, 1.54) is 0 Å². The number of amidine groups is 1. The summed E-state index contributed by atoms with van der Waals surface area (Å²) >= 11 is 0. The van der Waals surface area contributed by atoms with E-state index in [1.807, 2.05) is 61.5 Å². The first-order valence-corrected chi connectivity index (χ1v) is 28.2. The van der Waals surface area contributed by atoms with Crippen molar-refractivity contribution in [3.63, 3.8) is 0 Å². The van der Waals surface area contributed by atoms with Crippen molar-refractivity contribution in [3.8, 4) is 0 Å². The Hall–Kier alpha value is -3.60. The molecular formula is C63H104N4O8Zn. The number of nitrogens with one attached hydrogen (secondary N) is 2. The molecule has 12 nitrogen and oxygen atoms in total. The van der Waals surface area contributed by atoms with Gasteiger partial charge in [-0.15, -0.1) is 0 Å². The minimum atomic E-state index is -0.972. The standard InChI is InChI=1S/C57H94N4O6.C6H12O2.Zn/c1-30(2)40-38(58-46(60-50(64)56(19,20)21)42(40)48(62)66-44-34(52(7,8)9)25-32(5)26-35(44)53(10,11)12)29-39-41(31(3)4)43(47(59-39)61-51(65)57(22,23)24)49(63)67-45-36(54(13,14)15)27-33(6)28-37(45)55(16,17)18;1-4-6(2,3)5(7)8;/h29-37,44-45H,25-28H2,1-24H3,(H3,58,59,60,61,62,63,64,65);4H2,1-3H3,(H,7,8);/q;;+2/p-2. The average molecular weight is 1110 g/mol. The largest absolute Gasteiger partial charge is 2.00 e. The molecule has 76 heavy (non-hydrogen) atoms. The molecule has 2 fully saturated rings. The van der Waals surface area contributed by atoms with E-state index in [4.69, 9.17) is 14.8 Å². The monoisotopic (exact) mass is 1110 g/mol. The van der Waals surface area contributed by atoms with Crippen LogP contribution < -0.4 is 10.4 Å². The van der Waals surface area contributed by atoms with Gasteiger partial charge in [-0.3, -0.25) is 9.59 Å². The number of aliphatic imine (C=N–C) groups is 1. The summed E-state index contributed by atoms with van der Waals surface area (Å²) < 4.78 is 13.7. The van der Waals surface area contributed by atoms with Gasteiger partial charge in [0.2, 0.25) is 5.91 Å². The first kappa shape index (κ1) is 68.5. The van der Waals surface area contributed by atoms with Gasteiger partial charge in [0.25, 0.3) is 0 Å². The summed E-state index contributed by atoms with van der Waals surface area (Å²) in [5.74, 6) is -1.54. The van der Waals surface area contributed by atoms with E-state index in [1.54, 1.807) is 34.6 Å². The Labute approximate surface area is 473 Å². The van der Waals surface area contributed by atoms with Gasteiger partial charge in [0.1, 0.15) is 23.6 Å². The van der Waals surface area contributed by atoms with Crippen molar-refractivity contribution in [3.05, 3.63) is 39.0 Å². The molecular weight excluding hydrogens is 1010 g/mol. The van der Waals surface area contributed by atoms with Crippen molar-refractivity contribution in [2.45, 2.75) is 237 Å². The number of hydrogen-bond donors (Lipinski definition) is 2. The number of esters is 2. The fraction of sp³-hybridized carbons (Fsp3) is 0.778. The molecule has 0 radical (unpaired) electrons. The van der Waals surface area contributed by atoms with Gasteiger partial charge in [0.05, 0.1) is 5.57 Å². The van der Waals surface area contributed by atoms with Crippen LogP contribution in [0.1, 0.15) is 247 Å². The van der Waals surface area contributed by atoms with Crippen LogP contribution in [-0.2, 0) is 48.1 Å². The molecule has 1 aliphatic heterocycles. The number of nitrogens with zero attached hydrogens (tertiary/aromatic N) is 2. The predicted molar refractivity (Wildman–Crippen MR) is 305 cm³/mol. The molecule has 0 bridgehead atoms. The second kappa shape index (κ2) is 24.8. The van der Waals surface area contributed by atoms with Crippen LogP contribution in [0.5, 0.6) is 0 Å². The number of rotatable bonds is 10. The third-order valence-electron chi connectivity index (χ3n) is 16.3. The number of hydrogen-bond acceptors (Lipinski definition) is 8. The third-order valence-corrected chi connectivity index (χ3v) is 16.3. The van der Waals surface area contributed by atoms with Crippen molar-refractivity contribution in [2.75, 3.05) is 5.32 Å². The minimum absolute atomic E-state index is 0. The summed E-state index contributed by atoms with van der Waals surface area (Å²) in [6.45, 7) is 55.4. The Bertz CT molecular complexity index is 2290. The van der Waals surface area contributed by atoms with Crippen LogP contribution in [-0.4, -0.2) is 52.7 Å². The van der Waals surface area contributed by atoms with Gasteiger partial charge in [0.15, 0.2) is 5.91 Å². The van der Waals surface area contributed by atoms with Gasteiger partial charge >= 0.3 is 31.4 Å². The van der Waals surface area contributed by atoms with Crippen LogP contribution in [0.2, 0.25) is 0 Å². The van der Waals surface area contributed by atoms with E-state index >= 15 is 9.59 Å². The van der Waals surface area contributed by atoms with Crippen molar-refractivity contribution in [2.24, 2.45) is 84.3 Å². The number of aromatic amines is 1. The molecule has 4 unspecified atom stereocenters. The Morgan fingerprint density at radius 2 is 1.05 bits per heavy atom. The number of anilines is 1. The quantitative estimate of drug-likeness (QED) is 0.171. The number of carboxylic acids is 1. The number of ether oxygens (including phenoxy) is 2. The number of carboxylic acid groups (broad SMARTS) is 1. The molecule has 1 aromatic rings. The molecule has 2 saturated carbocycles. The van der Waals surface area contributed by atoms with Crippen molar-refractivity contribution >= 4 is 47.5 Å². The normalized spacial score (nSPS) is 25.2. The topological polar surface area (TPSA) is 181 Å². The summed E-state index contributed by atoms with van der Waals surface area (Å²) in [5.41, 5.74) is -0.137. The first-order chi connectivity index (χ1) is 33.7. The van der Waals surface area contributed by atoms with Crippen LogP contribution in [0.3, 0.4) is 0 Å². The molecule has 3 aliphatic rings. The van der Waals surface area contributed by atoms with E-state index < -0.39 is 40.1 Å². The van der Waals surface area contributed by atoms with Crippen molar-refractivity contribution < 1.29 is 58.0 Å². The Morgan fingerprint density at radius 3 is 1.36 bits per heavy atom. The zero-order chi connectivity index (χ0) is 58.3. The molecule has 2 N–H and O–H groups in total. The summed E-state index contributed by atoms with van der Waals surface area (Å²) in [6, 6.07) is 0. The fourth-order valence-electron chi connectivity index (χ4n) is 11.0. The zero-order valence-corrected chi connectivity index (χ0v) is 55.7. The fourth-order valence-corrected chi connectivity index (χ4v) is 11.0. The van der Waals surface area contributed by atoms with E-state index in [-0.39, 0.29) is 118 Å². The molecule has 2 heterocycles. The second-order valence-electron chi connectivity index (χ2n) is 30.4. The molecule has 4 atom stereocenters. The smallest absolute Gasteiger partial charge is 0.550 e. The van der Waals surface area contributed by atoms with Gasteiger partial charge in [-0.25, -0.2) is 9.59 Å². The van der Waals surface area contributed by atoms with Crippen LogP contribution >= 0.6 is 0 Å². The maximum atomic E-state index is 15.2. The average Bonchev–Trinajstić information content (AvgIpc) is 3.77. The van der Waals surface area contributed by atoms with E-state index in [2.05, 4.69) is 112 Å². The molecule has 13 heteroatoms. The number of allylic oxidation sites excluding steroid dienone is 1. The molecule has 2 aliphatic carbocycles. The molecule has 426 valence electrons. The zero-order valence-electron chi connectivity index (χ0n) is 52.8. The van der Waals surface area contributed by atoms with Crippen molar-refractivity contribution in [1.29, 1.82) is 0 Å². The Kier molecular flexibility index (Phi) is 22.4. The second-order valence-corrected chi connectivity index (χ2v) is 30.4. The SMILES string of the molecule is CC1CC(C(C)(C)C)C(OC(=O)C2=C(C(C)C)/C(=C/c3[nH]c(NC(=O)C(C)(C)C)c(C(=O)OC4C(C(C)(C)C)CC(C)CC4C(C)(C)C)c3C(C)C)[N-]C2=NC(=O)C(C)(C)C)C(C(C)(C)C)C1.CCC(C)(C)C(=O)[O-].[Zn+2]. The van der Waals surface area contributed by atoms with Gasteiger partial charge in [-0.05, 0) is 106 Å². The molecule has 1 aromatic heterocycles. The molecule has 2 amide bonds. The van der Waals surface area contributed by atoms with Gasteiger partial charge in [-0.1, -0.05) is 187 Å². The molecule has 4 rings (SSSR count). The van der Waals surface area contributed by atoms with Crippen LogP contribution in [0.15, 0.2) is 21.8 Å². The Morgan fingerprint density at radius 1 is 0.658 bits per heavy atom. The van der Waals surface area contributed by atoms with E-state index in [0.29, 0.717) is 40.8 Å². The number of carbonyl (C=O) groups is 5. The van der Waals surface area contributed by atoms with Gasteiger partial charge in [0, 0.05) is 51.6 Å². The maximum absolute atomic E-state index is 15.2. The third kappa shape index (κ3) is 17.0. The molecule has 0 spiro atoms. The first-order valence-electron chi connectivity index (χ1n) is 28.2. The summed E-state index contributed by atoms with van der Waals surface area (Å²) in [5, 5.41) is 18.3. The van der Waals surface area contributed by atoms with Gasteiger partial charge < -0.3 is 40.0 Å². The molecule has 0 saturated heterocycles. The predicted octanol–water partition coefficient (Wildman–Crippen LogP) is 14.9. The van der Waals surface area contributed by atoms with E-state index in [9.17, 15) is 19.5 Å².